The van der Waals surface area contributed by atoms with Gasteiger partial charge in [-0.3, -0.25) is 9.36 Å². The smallest absolute Gasteiger partial charge is 0.281 e. The predicted molar refractivity (Wildman–Crippen MR) is 71.9 cm³/mol. The van der Waals surface area contributed by atoms with E-state index in [1.54, 1.807) is 6.07 Å². The van der Waals surface area contributed by atoms with E-state index < -0.39 is 18.0 Å². The Bertz CT molecular complexity index is 638. The van der Waals surface area contributed by atoms with Crippen LogP contribution < -0.4 is 5.32 Å². The summed E-state index contributed by atoms with van der Waals surface area (Å²) in [4.78, 5) is 15.3. The van der Waals surface area contributed by atoms with Gasteiger partial charge in [0.25, 0.3) is 12.3 Å². The highest BCUT2D eigenvalue weighted by Gasteiger charge is 2.26. The molecule has 106 valence electrons. The number of nitrogens with one attached hydrogen (secondary N) is 1. The summed E-state index contributed by atoms with van der Waals surface area (Å²) in [5, 5.41) is 2.62. The maximum atomic E-state index is 13.2. The number of rotatable bonds is 3. The second-order valence-corrected chi connectivity index (χ2v) is 4.61. The minimum atomic E-state index is -2.91. The highest BCUT2D eigenvalue weighted by molar-refractivity contribution is 6.37. The van der Waals surface area contributed by atoms with Crippen LogP contribution in [0.25, 0.3) is 5.69 Å². The lowest BCUT2D eigenvalue weighted by molar-refractivity contribution is 0.0941. The molecule has 0 aliphatic rings. The molecule has 4 nitrogen and oxygen atoms in total. The Balaban J connectivity index is 2.70. The minimum Gasteiger partial charge on any atom is -0.354 e. The maximum absolute atomic E-state index is 13.2. The molecule has 1 aromatic carbocycles. The molecule has 8 heteroatoms. The molecule has 0 aliphatic heterocycles. The number of halogens is 4. The predicted octanol–water partition coefficient (Wildman–Crippen LogP) is 3.48. The zero-order chi connectivity index (χ0) is 14.9. The van der Waals surface area contributed by atoms with E-state index >= 15 is 0 Å². The first-order valence-corrected chi connectivity index (χ1v) is 6.24. The summed E-state index contributed by atoms with van der Waals surface area (Å²) in [6.07, 6.45) is -1.81. The van der Waals surface area contributed by atoms with E-state index in [0.717, 1.165) is 10.9 Å². The van der Waals surface area contributed by atoms with E-state index in [9.17, 15) is 13.6 Å². The number of hydrogen-bond donors (Lipinski definition) is 1. The maximum Gasteiger partial charge on any atom is 0.281 e. The fraction of sp³-hybridized carbons (Fsp3) is 0.167. The van der Waals surface area contributed by atoms with Gasteiger partial charge in [-0.15, -0.1) is 0 Å². The molecular formula is C12H9Cl2F2N3O. The van der Waals surface area contributed by atoms with Gasteiger partial charge in [-0.25, -0.2) is 13.8 Å². The number of para-hydroxylation sites is 1. The number of carbonyl (C=O) groups excluding carboxylic acids is 1. The molecule has 0 spiro atoms. The van der Waals surface area contributed by atoms with Crippen molar-refractivity contribution in [2.24, 2.45) is 0 Å². The Morgan fingerprint density at radius 3 is 2.45 bits per heavy atom. The number of benzene rings is 1. The van der Waals surface area contributed by atoms with Crippen molar-refractivity contribution in [1.29, 1.82) is 0 Å². The molecule has 2 rings (SSSR count). The minimum absolute atomic E-state index is 0.161. The molecule has 0 fully saturated rings. The van der Waals surface area contributed by atoms with Crippen LogP contribution in [-0.4, -0.2) is 22.5 Å². The number of hydrogen-bond acceptors (Lipinski definition) is 2. The van der Waals surface area contributed by atoms with Crippen molar-refractivity contribution in [2.75, 3.05) is 7.05 Å². The van der Waals surface area contributed by atoms with Crippen LogP contribution >= 0.6 is 23.2 Å². The molecule has 0 saturated carbocycles. The standard InChI is InChI=1S/C12H9Cl2F2N3O/c1-17-12(20)8-10(11(15)16)19(5-18-8)9-6(13)3-2-4-7(9)14/h2-5,11H,1H3,(H,17,20). The Morgan fingerprint density at radius 2 is 1.95 bits per heavy atom. The molecule has 0 unspecified atom stereocenters. The Morgan fingerprint density at radius 1 is 1.35 bits per heavy atom. The second-order valence-electron chi connectivity index (χ2n) is 3.80. The Hall–Kier alpha value is -1.66. The summed E-state index contributed by atoms with van der Waals surface area (Å²) < 4.78 is 27.5. The molecular weight excluding hydrogens is 311 g/mol. The monoisotopic (exact) mass is 319 g/mol. The number of imidazole rings is 1. The van der Waals surface area contributed by atoms with Gasteiger partial charge >= 0.3 is 0 Å². The molecule has 0 aliphatic carbocycles. The Labute approximate surface area is 123 Å². The summed E-state index contributed by atoms with van der Waals surface area (Å²) in [5.74, 6) is -0.706. The van der Waals surface area contributed by atoms with Crippen LogP contribution in [0.2, 0.25) is 10.0 Å². The molecule has 2 aromatic rings. The topological polar surface area (TPSA) is 46.9 Å². The van der Waals surface area contributed by atoms with Gasteiger partial charge in [0, 0.05) is 7.05 Å². The third-order valence-corrected chi connectivity index (χ3v) is 3.24. The van der Waals surface area contributed by atoms with Crippen molar-refractivity contribution >= 4 is 29.1 Å². The molecule has 0 bridgehead atoms. The van der Waals surface area contributed by atoms with Crippen LogP contribution in [0.4, 0.5) is 8.78 Å². The van der Waals surface area contributed by atoms with Crippen molar-refractivity contribution in [1.82, 2.24) is 14.9 Å². The second kappa shape index (κ2) is 5.76. The lowest BCUT2D eigenvalue weighted by Crippen LogP contribution is -2.20. The number of aromatic nitrogens is 2. The number of amides is 1. The van der Waals surface area contributed by atoms with E-state index in [1.807, 2.05) is 0 Å². The van der Waals surface area contributed by atoms with Crippen LogP contribution in [0.15, 0.2) is 24.5 Å². The van der Waals surface area contributed by atoms with Gasteiger partial charge in [0.15, 0.2) is 5.69 Å². The average molecular weight is 320 g/mol. The molecule has 1 N–H and O–H groups in total. The van der Waals surface area contributed by atoms with E-state index in [0.29, 0.717) is 0 Å². The van der Waals surface area contributed by atoms with Crippen LogP contribution in [0, 0.1) is 0 Å². The SMILES string of the molecule is CNC(=O)c1ncn(-c2c(Cl)cccc2Cl)c1C(F)F. The summed E-state index contributed by atoms with van der Waals surface area (Å²) in [6, 6.07) is 4.61. The third kappa shape index (κ3) is 2.48. The number of alkyl halides is 2. The zero-order valence-electron chi connectivity index (χ0n) is 10.2. The van der Waals surface area contributed by atoms with Crippen LogP contribution in [-0.2, 0) is 0 Å². The first-order chi connectivity index (χ1) is 9.47. The highest BCUT2D eigenvalue weighted by Crippen LogP contribution is 2.33. The molecule has 0 atom stereocenters. The molecule has 1 heterocycles. The van der Waals surface area contributed by atoms with E-state index in [2.05, 4.69) is 10.3 Å². The van der Waals surface area contributed by atoms with E-state index in [1.165, 1.54) is 19.2 Å². The number of carbonyl (C=O) groups is 1. The lowest BCUT2D eigenvalue weighted by atomic mass is 10.2. The summed E-state index contributed by atoms with van der Waals surface area (Å²) >= 11 is 12.0. The first-order valence-electron chi connectivity index (χ1n) is 5.49. The van der Waals surface area contributed by atoms with Crippen LogP contribution in [0.5, 0.6) is 0 Å². The van der Waals surface area contributed by atoms with Crippen molar-refractivity contribution < 1.29 is 13.6 Å². The van der Waals surface area contributed by atoms with Gasteiger partial charge in [0.05, 0.1) is 15.7 Å². The highest BCUT2D eigenvalue weighted by atomic mass is 35.5. The van der Waals surface area contributed by atoms with Crippen molar-refractivity contribution in [3.63, 3.8) is 0 Å². The van der Waals surface area contributed by atoms with Crippen molar-refractivity contribution in [3.05, 3.63) is 46.0 Å². The largest absolute Gasteiger partial charge is 0.354 e. The van der Waals surface area contributed by atoms with Gasteiger partial charge in [0.1, 0.15) is 12.0 Å². The summed E-state index contributed by atoms with van der Waals surface area (Å²) in [6.45, 7) is 0. The van der Waals surface area contributed by atoms with Crippen molar-refractivity contribution in [2.45, 2.75) is 6.43 Å². The van der Waals surface area contributed by atoms with Gasteiger partial charge in [-0.2, -0.15) is 0 Å². The van der Waals surface area contributed by atoms with Gasteiger partial charge < -0.3 is 5.32 Å². The summed E-state index contributed by atoms with van der Waals surface area (Å²) in [7, 11) is 1.33. The fourth-order valence-electron chi connectivity index (χ4n) is 1.76. The molecule has 1 amide bonds. The van der Waals surface area contributed by atoms with Gasteiger partial charge in [-0.05, 0) is 12.1 Å². The molecule has 1 aromatic heterocycles. The fourth-order valence-corrected chi connectivity index (χ4v) is 2.34. The average Bonchev–Trinajstić information content (AvgIpc) is 2.82. The quantitative estimate of drug-likeness (QED) is 0.941. The third-order valence-electron chi connectivity index (χ3n) is 2.63. The number of nitrogens with zero attached hydrogens (tertiary/aromatic N) is 2. The zero-order valence-corrected chi connectivity index (χ0v) is 11.7. The van der Waals surface area contributed by atoms with Crippen molar-refractivity contribution in [3.8, 4) is 5.69 Å². The molecule has 0 radical (unpaired) electrons. The first kappa shape index (κ1) is 14.7. The Kier molecular flexibility index (Phi) is 4.25. The van der Waals surface area contributed by atoms with E-state index in [-0.39, 0.29) is 21.4 Å². The molecule has 20 heavy (non-hydrogen) atoms. The van der Waals surface area contributed by atoms with Gasteiger partial charge in [0.2, 0.25) is 0 Å². The molecule has 0 saturated heterocycles. The van der Waals surface area contributed by atoms with Gasteiger partial charge in [-0.1, -0.05) is 29.3 Å². The van der Waals surface area contributed by atoms with E-state index in [4.69, 9.17) is 23.2 Å². The van der Waals surface area contributed by atoms with Crippen LogP contribution in [0.3, 0.4) is 0 Å². The van der Waals surface area contributed by atoms with Crippen LogP contribution in [0.1, 0.15) is 22.6 Å². The summed E-state index contributed by atoms with van der Waals surface area (Å²) in [5.41, 5.74) is -0.758. The normalized spacial score (nSPS) is 10.9. The lowest BCUT2D eigenvalue weighted by Gasteiger charge is -2.12.